The molecule has 18 heavy (non-hydrogen) atoms. The first-order chi connectivity index (χ1) is 8.30. The zero-order valence-corrected chi connectivity index (χ0v) is 12.9. The summed E-state index contributed by atoms with van der Waals surface area (Å²) in [6.45, 7) is 1.86. The van der Waals surface area contributed by atoms with Crippen LogP contribution in [0.15, 0.2) is 23.1 Å². The molecule has 0 fully saturated rings. The van der Waals surface area contributed by atoms with Gasteiger partial charge in [-0.3, -0.25) is 0 Å². The summed E-state index contributed by atoms with van der Waals surface area (Å²) in [5.74, 6) is 0.725. The fourth-order valence-corrected chi connectivity index (χ4v) is 3.93. The summed E-state index contributed by atoms with van der Waals surface area (Å²) in [4.78, 5) is 0.0994. The Morgan fingerprint density at radius 1 is 1.50 bits per heavy atom. The second-order valence-electron chi connectivity index (χ2n) is 4.01. The minimum absolute atomic E-state index is 0.0971. The van der Waals surface area contributed by atoms with Crippen LogP contribution in [0.4, 0.5) is 5.69 Å². The largest absolute Gasteiger partial charge is 0.398 e. The number of anilines is 1. The molecule has 102 valence electrons. The molecule has 0 aromatic heterocycles. The fourth-order valence-electron chi connectivity index (χ4n) is 1.49. The van der Waals surface area contributed by atoms with E-state index in [1.165, 1.54) is 22.5 Å². The van der Waals surface area contributed by atoms with Crippen LogP contribution in [0.5, 0.6) is 0 Å². The number of rotatable bonds is 5. The highest BCUT2D eigenvalue weighted by Gasteiger charge is 2.26. The molecule has 7 heteroatoms. The minimum Gasteiger partial charge on any atom is -0.398 e. The zero-order valence-electron chi connectivity index (χ0n) is 10.6. The standard InChI is InChI=1S/C11H17ClN2O2S2/c1-8(7-17-3)14(2)18(15,16)11-5-4-9(12)6-10(11)13/h4-6,8H,7,13H2,1-3H3. The van der Waals surface area contributed by atoms with Crippen LogP contribution in [0.2, 0.25) is 5.02 Å². The molecule has 1 aromatic rings. The average Bonchev–Trinajstić information content (AvgIpc) is 2.27. The molecule has 0 aliphatic carbocycles. The van der Waals surface area contributed by atoms with E-state index in [1.807, 2.05) is 13.2 Å². The zero-order chi connectivity index (χ0) is 13.9. The van der Waals surface area contributed by atoms with Crippen molar-refractivity contribution in [1.82, 2.24) is 4.31 Å². The van der Waals surface area contributed by atoms with E-state index >= 15 is 0 Å². The van der Waals surface area contributed by atoms with E-state index in [2.05, 4.69) is 0 Å². The highest BCUT2D eigenvalue weighted by Crippen LogP contribution is 2.26. The van der Waals surface area contributed by atoms with E-state index in [0.717, 1.165) is 5.75 Å². The summed E-state index contributed by atoms with van der Waals surface area (Å²) in [5.41, 5.74) is 5.90. The van der Waals surface area contributed by atoms with E-state index in [4.69, 9.17) is 17.3 Å². The second-order valence-corrected chi connectivity index (χ2v) is 7.32. The molecule has 0 bridgehead atoms. The van der Waals surface area contributed by atoms with Gasteiger partial charge < -0.3 is 5.73 Å². The van der Waals surface area contributed by atoms with Crippen molar-refractivity contribution in [2.45, 2.75) is 17.9 Å². The van der Waals surface area contributed by atoms with Crippen LogP contribution < -0.4 is 5.73 Å². The number of hydrogen-bond acceptors (Lipinski definition) is 4. The highest BCUT2D eigenvalue weighted by molar-refractivity contribution is 7.98. The molecule has 0 spiro atoms. The van der Waals surface area contributed by atoms with Gasteiger partial charge >= 0.3 is 0 Å². The first-order valence-electron chi connectivity index (χ1n) is 5.32. The lowest BCUT2D eigenvalue weighted by Gasteiger charge is -2.24. The number of hydrogen-bond donors (Lipinski definition) is 1. The summed E-state index contributed by atoms with van der Waals surface area (Å²) in [6, 6.07) is 4.31. The summed E-state index contributed by atoms with van der Waals surface area (Å²) >= 11 is 7.36. The Balaban J connectivity index is 3.13. The lowest BCUT2D eigenvalue weighted by molar-refractivity contribution is 0.415. The van der Waals surface area contributed by atoms with Crippen molar-refractivity contribution in [3.05, 3.63) is 23.2 Å². The van der Waals surface area contributed by atoms with Gasteiger partial charge in [-0.1, -0.05) is 11.6 Å². The van der Waals surface area contributed by atoms with Gasteiger partial charge in [0.15, 0.2) is 0 Å². The maximum atomic E-state index is 12.4. The van der Waals surface area contributed by atoms with Crippen molar-refractivity contribution in [2.24, 2.45) is 0 Å². The second kappa shape index (κ2) is 6.14. The van der Waals surface area contributed by atoms with Gasteiger partial charge in [-0.05, 0) is 31.4 Å². The van der Waals surface area contributed by atoms with Crippen LogP contribution in [-0.2, 0) is 10.0 Å². The quantitative estimate of drug-likeness (QED) is 0.848. The van der Waals surface area contributed by atoms with Crippen molar-refractivity contribution in [3.8, 4) is 0 Å². The van der Waals surface area contributed by atoms with Gasteiger partial charge in [0, 0.05) is 23.9 Å². The van der Waals surface area contributed by atoms with Crippen molar-refractivity contribution in [2.75, 3.05) is 24.8 Å². The Morgan fingerprint density at radius 2 is 2.11 bits per heavy atom. The summed E-state index contributed by atoms with van der Waals surface area (Å²) in [6.07, 6.45) is 1.94. The molecule has 0 aliphatic rings. The van der Waals surface area contributed by atoms with Crippen molar-refractivity contribution >= 4 is 39.1 Å². The fraction of sp³-hybridized carbons (Fsp3) is 0.455. The van der Waals surface area contributed by atoms with Gasteiger partial charge in [0.25, 0.3) is 0 Å². The number of halogens is 1. The number of benzene rings is 1. The molecule has 4 nitrogen and oxygen atoms in total. The first-order valence-corrected chi connectivity index (χ1v) is 8.54. The van der Waals surface area contributed by atoms with Crippen LogP contribution >= 0.6 is 23.4 Å². The Bertz CT molecular complexity index is 520. The Hall–Kier alpha value is -0.430. The lowest BCUT2D eigenvalue weighted by atomic mass is 10.3. The summed E-state index contributed by atoms with van der Waals surface area (Å²) < 4.78 is 26.1. The number of thioether (sulfide) groups is 1. The van der Waals surface area contributed by atoms with Crippen molar-refractivity contribution in [1.29, 1.82) is 0 Å². The van der Waals surface area contributed by atoms with E-state index in [0.29, 0.717) is 5.02 Å². The number of sulfonamides is 1. The molecule has 0 aliphatic heterocycles. The van der Waals surface area contributed by atoms with E-state index in [9.17, 15) is 8.42 Å². The van der Waals surface area contributed by atoms with Gasteiger partial charge in [0.2, 0.25) is 10.0 Å². The SMILES string of the molecule is CSCC(C)N(C)S(=O)(=O)c1ccc(Cl)cc1N. The van der Waals surface area contributed by atoms with Crippen molar-refractivity contribution in [3.63, 3.8) is 0 Å². The third-order valence-electron chi connectivity index (χ3n) is 2.66. The number of nitrogens with two attached hydrogens (primary N) is 1. The molecular formula is C11H17ClN2O2S2. The van der Waals surface area contributed by atoms with E-state index in [-0.39, 0.29) is 16.6 Å². The van der Waals surface area contributed by atoms with Crippen LogP contribution in [-0.4, -0.2) is 37.8 Å². The molecule has 0 saturated carbocycles. The van der Waals surface area contributed by atoms with Gasteiger partial charge in [-0.15, -0.1) is 0 Å². The first kappa shape index (κ1) is 15.6. The minimum atomic E-state index is -3.57. The molecular weight excluding hydrogens is 292 g/mol. The molecule has 1 aromatic carbocycles. The lowest BCUT2D eigenvalue weighted by Crippen LogP contribution is -2.36. The monoisotopic (exact) mass is 308 g/mol. The normalized spacial score (nSPS) is 13.8. The molecule has 1 unspecified atom stereocenters. The highest BCUT2D eigenvalue weighted by atomic mass is 35.5. The molecule has 1 rings (SSSR count). The Morgan fingerprint density at radius 3 is 2.61 bits per heavy atom. The molecule has 0 amide bonds. The molecule has 0 heterocycles. The van der Waals surface area contributed by atoms with E-state index in [1.54, 1.807) is 18.8 Å². The van der Waals surface area contributed by atoms with Crippen molar-refractivity contribution < 1.29 is 8.42 Å². The Labute approximate surface area is 118 Å². The summed E-state index contributed by atoms with van der Waals surface area (Å²) in [5, 5.41) is 0.422. The average molecular weight is 309 g/mol. The summed E-state index contributed by atoms with van der Waals surface area (Å²) in [7, 11) is -2.01. The van der Waals surface area contributed by atoms with Gasteiger partial charge in [-0.2, -0.15) is 16.1 Å². The smallest absolute Gasteiger partial charge is 0.245 e. The molecule has 1 atom stereocenters. The van der Waals surface area contributed by atoms with Gasteiger partial charge in [0.05, 0.1) is 5.69 Å². The topological polar surface area (TPSA) is 63.4 Å². The van der Waals surface area contributed by atoms with E-state index < -0.39 is 10.0 Å². The van der Waals surface area contributed by atoms with Crippen LogP contribution in [0.25, 0.3) is 0 Å². The third-order valence-corrected chi connectivity index (χ3v) is 5.75. The van der Waals surface area contributed by atoms with Crippen LogP contribution in [0.1, 0.15) is 6.92 Å². The number of nitrogens with zero attached hydrogens (tertiary/aromatic N) is 1. The number of nitrogen functional groups attached to an aromatic ring is 1. The van der Waals surface area contributed by atoms with Crippen LogP contribution in [0.3, 0.4) is 0 Å². The van der Waals surface area contributed by atoms with Gasteiger partial charge in [-0.25, -0.2) is 8.42 Å². The predicted molar refractivity (Wildman–Crippen MR) is 78.7 cm³/mol. The maximum absolute atomic E-state index is 12.4. The maximum Gasteiger partial charge on any atom is 0.245 e. The molecule has 0 saturated heterocycles. The van der Waals surface area contributed by atoms with Gasteiger partial charge in [0.1, 0.15) is 4.90 Å². The Kier molecular flexibility index (Phi) is 5.33. The van der Waals surface area contributed by atoms with Crippen LogP contribution in [0, 0.1) is 0 Å². The predicted octanol–water partition coefficient (Wildman–Crippen LogP) is 2.29. The molecule has 2 N–H and O–H groups in total. The third kappa shape index (κ3) is 3.32. The molecule has 0 radical (unpaired) electrons.